The lowest BCUT2D eigenvalue weighted by atomic mass is 10.2. The fourth-order valence-electron chi connectivity index (χ4n) is 1.49. The average Bonchev–Trinajstić information content (AvgIpc) is 2.84. The van der Waals surface area contributed by atoms with Gasteiger partial charge < -0.3 is 9.47 Å². The Kier molecular flexibility index (Phi) is 4.74. The molecule has 0 saturated heterocycles. The lowest BCUT2D eigenvalue weighted by Gasteiger charge is -2.07. The first kappa shape index (κ1) is 13.8. The van der Waals surface area contributed by atoms with Gasteiger partial charge >= 0.3 is 0 Å². The Bertz CT molecular complexity index is 607. The number of benzene rings is 1. The van der Waals surface area contributed by atoms with Gasteiger partial charge in [-0.1, -0.05) is 11.6 Å². The summed E-state index contributed by atoms with van der Waals surface area (Å²) < 4.78 is 10.7. The summed E-state index contributed by atoms with van der Waals surface area (Å²) in [6.45, 7) is 0.877. The highest BCUT2D eigenvalue weighted by atomic mass is 35.5. The van der Waals surface area contributed by atoms with Crippen LogP contribution in [0.2, 0.25) is 5.02 Å². The van der Waals surface area contributed by atoms with Gasteiger partial charge in [-0.2, -0.15) is 5.26 Å². The molecule has 1 aromatic carbocycles. The van der Waals surface area contributed by atoms with Gasteiger partial charge in [-0.25, -0.2) is 4.98 Å². The summed E-state index contributed by atoms with van der Waals surface area (Å²) in [5, 5.41) is 9.18. The van der Waals surface area contributed by atoms with Gasteiger partial charge in [0, 0.05) is 13.2 Å². The molecule has 19 heavy (non-hydrogen) atoms. The second-order valence-corrected chi connectivity index (χ2v) is 5.04. The number of hydrogen-bond donors (Lipinski definition) is 0. The van der Waals surface area contributed by atoms with E-state index in [0.717, 1.165) is 10.6 Å². The molecule has 0 atom stereocenters. The lowest BCUT2D eigenvalue weighted by Crippen LogP contribution is -1.99. The molecule has 98 valence electrons. The molecule has 0 bridgehead atoms. The van der Waals surface area contributed by atoms with Crippen LogP contribution in [0.4, 0.5) is 0 Å². The second kappa shape index (κ2) is 6.53. The third-order valence-corrected chi connectivity index (χ3v) is 3.60. The Labute approximate surface area is 120 Å². The van der Waals surface area contributed by atoms with Crippen LogP contribution >= 0.6 is 22.9 Å². The van der Waals surface area contributed by atoms with Crippen LogP contribution in [0, 0.1) is 11.3 Å². The van der Waals surface area contributed by atoms with E-state index in [1.807, 2.05) is 6.07 Å². The van der Waals surface area contributed by atoms with Crippen LogP contribution in [0.5, 0.6) is 5.75 Å². The number of nitrogens with zero attached hydrogens (tertiary/aromatic N) is 2. The van der Waals surface area contributed by atoms with Gasteiger partial charge in [-0.05, 0) is 12.1 Å². The van der Waals surface area contributed by atoms with Gasteiger partial charge in [0.25, 0.3) is 0 Å². The molecule has 0 radical (unpaired) electrons. The summed E-state index contributed by atoms with van der Waals surface area (Å²) >= 11 is 7.46. The predicted octanol–water partition coefficient (Wildman–Crippen LogP) is 3.39. The zero-order valence-electron chi connectivity index (χ0n) is 10.2. The Morgan fingerprint density at radius 2 is 2.26 bits per heavy atom. The number of rotatable bonds is 5. The highest BCUT2D eigenvalue weighted by molar-refractivity contribution is 7.09. The Morgan fingerprint density at radius 1 is 1.42 bits per heavy atom. The quantitative estimate of drug-likeness (QED) is 0.848. The minimum Gasteiger partial charge on any atom is -0.488 e. The molecule has 2 aromatic rings. The topological polar surface area (TPSA) is 55.1 Å². The van der Waals surface area contributed by atoms with Crippen LogP contribution in [0.1, 0.15) is 16.1 Å². The van der Waals surface area contributed by atoms with Crippen LogP contribution < -0.4 is 4.74 Å². The van der Waals surface area contributed by atoms with E-state index in [1.54, 1.807) is 30.8 Å². The molecule has 1 heterocycles. The predicted molar refractivity (Wildman–Crippen MR) is 73.3 cm³/mol. The number of thiazole rings is 1. The van der Waals surface area contributed by atoms with Crippen LogP contribution in [0.25, 0.3) is 0 Å². The summed E-state index contributed by atoms with van der Waals surface area (Å²) in [5.41, 5.74) is 3.08. The van der Waals surface area contributed by atoms with E-state index < -0.39 is 0 Å². The van der Waals surface area contributed by atoms with Crippen LogP contribution in [-0.2, 0) is 18.0 Å². The SMILES string of the molecule is COCc1ncsc1COc1ccc(C#N)c(Cl)c1. The number of methoxy groups -OCH3 is 1. The molecule has 0 aliphatic heterocycles. The fraction of sp³-hybridized carbons (Fsp3) is 0.231. The minimum absolute atomic E-state index is 0.390. The molecule has 0 amide bonds. The minimum atomic E-state index is 0.390. The number of halogens is 1. The van der Waals surface area contributed by atoms with Crippen molar-refractivity contribution in [2.24, 2.45) is 0 Å². The molecule has 4 nitrogen and oxygen atoms in total. The monoisotopic (exact) mass is 294 g/mol. The molecule has 0 unspecified atom stereocenters. The van der Waals surface area contributed by atoms with Crippen molar-refractivity contribution in [2.45, 2.75) is 13.2 Å². The van der Waals surface area contributed by atoms with Crippen molar-refractivity contribution < 1.29 is 9.47 Å². The Hall–Kier alpha value is -1.61. The Morgan fingerprint density at radius 3 is 2.95 bits per heavy atom. The highest BCUT2D eigenvalue weighted by Crippen LogP contribution is 2.24. The molecule has 0 aliphatic carbocycles. The summed E-state index contributed by atoms with van der Waals surface area (Å²) in [7, 11) is 1.63. The van der Waals surface area contributed by atoms with E-state index in [-0.39, 0.29) is 0 Å². The number of hydrogen-bond acceptors (Lipinski definition) is 5. The smallest absolute Gasteiger partial charge is 0.124 e. The summed E-state index contributed by atoms with van der Waals surface area (Å²) in [6, 6.07) is 7.01. The third kappa shape index (κ3) is 3.44. The number of nitriles is 1. The molecule has 6 heteroatoms. The van der Waals surface area contributed by atoms with Crippen molar-refractivity contribution in [1.82, 2.24) is 4.98 Å². The van der Waals surface area contributed by atoms with Crippen molar-refractivity contribution in [3.05, 3.63) is 44.9 Å². The lowest BCUT2D eigenvalue weighted by molar-refractivity contribution is 0.179. The zero-order chi connectivity index (χ0) is 13.7. The standard InChI is InChI=1S/C13H11ClN2O2S/c1-17-6-12-13(19-8-16-12)7-18-10-3-2-9(5-15)11(14)4-10/h2-4,8H,6-7H2,1H3. The molecule has 0 saturated carbocycles. The first-order chi connectivity index (χ1) is 9.24. The maximum Gasteiger partial charge on any atom is 0.124 e. The molecule has 0 fully saturated rings. The molecular formula is C13H11ClN2O2S. The normalized spacial score (nSPS) is 10.2. The summed E-state index contributed by atoms with van der Waals surface area (Å²) in [6.07, 6.45) is 0. The average molecular weight is 295 g/mol. The van der Waals surface area contributed by atoms with Gasteiger partial charge in [-0.3, -0.25) is 0 Å². The molecule has 0 aliphatic rings. The maximum atomic E-state index is 8.79. The second-order valence-electron chi connectivity index (χ2n) is 3.70. The largest absolute Gasteiger partial charge is 0.488 e. The first-order valence-electron chi connectivity index (χ1n) is 5.47. The first-order valence-corrected chi connectivity index (χ1v) is 6.73. The van der Waals surface area contributed by atoms with Crippen LogP contribution in [0.15, 0.2) is 23.7 Å². The third-order valence-electron chi connectivity index (χ3n) is 2.44. The molecule has 0 spiro atoms. The molecule has 2 rings (SSSR count). The van der Waals surface area contributed by atoms with Gasteiger partial charge in [0.05, 0.1) is 33.3 Å². The zero-order valence-corrected chi connectivity index (χ0v) is 11.8. The van der Waals surface area contributed by atoms with Crippen molar-refractivity contribution in [1.29, 1.82) is 5.26 Å². The molecular weight excluding hydrogens is 284 g/mol. The van der Waals surface area contributed by atoms with Crippen LogP contribution in [-0.4, -0.2) is 12.1 Å². The fourth-order valence-corrected chi connectivity index (χ4v) is 2.39. The molecule has 1 aromatic heterocycles. The van der Waals surface area contributed by atoms with E-state index in [1.165, 1.54) is 11.3 Å². The highest BCUT2D eigenvalue weighted by Gasteiger charge is 2.07. The van der Waals surface area contributed by atoms with Gasteiger partial charge in [0.15, 0.2) is 0 Å². The van der Waals surface area contributed by atoms with Gasteiger partial charge in [0.1, 0.15) is 18.4 Å². The number of ether oxygens (including phenoxy) is 2. The maximum absolute atomic E-state index is 8.79. The van der Waals surface area contributed by atoms with E-state index >= 15 is 0 Å². The van der Waals surface area contributed by atoms with Crippen LogP contribution in [0.3, 0.4) is 0 Å². The summed E-state index contributed by atoms with van der Waals surface area (Å²) in [5.74, 6) is 0.626. The van der Waals surface area contributed by atoms with E-state index in [2.05, 4.69) is 4.98 Å². The van der Waals surface area contributed by atoms with Crippen molar-refractivity contribution in [3.8, 4) is 11.8 Å². The van der Waals surface area contributed by atoms with Crippen molar-refractivity contribution in [2.75, 3.05) is 7.11 Å². The van der Waals surface area contributed by atoms with E-state index in [0.29, 0.717) is 29.5 Å². The number of aromatic nitrogens is 1. The van der Waals surface area contributed by atoms with Crippen molar-refractivity contribution in [3.63, 3.8) is 0 Å². The Balaban J connectivity index is 2.04. The van der Waals surface area contributed by atoms with E-state index in [9.17, 15) is 0 Å². The van der Waals surface area contributed by atoms with Gasteiger partial charge in [-0.15, -0.1) is 11.3 Å². The summed E-state index contributed by atoms with van der Waals surface area (Å²) in [4.78, 5) is 5.22. The van der Waals surface area contributed by atoms with Crippen molar-refractivity contribution >= 4 is 22.9 Å². The molecule has 0 N–H and O–H groups in total. The van der Waals surface area contributed by atoms with Gasteiger partial charge in [0.2, 0.25) is 0 Å². The van der Waals surface area contributed by atoms with E-state index in [4.69, 9.17) is 26.3 Å².